The van der Waals surface area contributed by atoms with Crippen molar-refractivity contribution in [2.24, 2.45) is 5.41 Å². The fraction of sp³-hybridized carbons (Fsp3) is 0.429. The molecule has 0 bridgehead atoms. The number of benzene rings is 1. The highest BCUT2D eigenvalue weighted by Gasteiger charge is 2.28. The molecule has 0 amide bonds. The molecule has 104 valence electrons. The van der Waals surface area contributed by atoms with Crippen molar-refractivity contribution in [3.63, 3.8) is 0 Å². The van der Waals surface area contributed by atoms with Crippen LogP contribution in [-0.4, -0.2) is 24.2 Å². The summed E-state index contributed by atoms with van der Waals surface area (Å²) in [5.41, 5.74) is -0.256. The zero-order chi connectivity index (χ0) is 14.8. The first-order chi connectivity index (χ1) is 8.69. The third-order valence-electron chi connectivity index (χ3n) is 3.03. The van der Waals surface area contributed by atoms with Crippen LogP contribution in [0.2, 0.25) is 0 Å². The summed E-state index contributed by atoms with van der Waals surface area (Å²) >= 11 is 0. The summed E-state index contributed by atoms with van der Waals surface area (Å²) in [6.45, 7) is 4.57. The van der Waals surface area contributed by atoms with Crippen molar-refractivity contribution >= 4 is 11.9 Å². The van der Waals surface area contributed by atoms with Crippen LogP contribution in [0.1, 0.15) is 35.3 Å². The van der Waals surface area contributed by atoms with Gasteiger partial charge in [0.25, 0.3) is 0 Å². The second-order valence-electron chi connectivity index (χ2n) is 5.11. The van der Waals surface area contributed by atoms with E-state index in [-0.39, 0.29) is 17.5 Å². The predicted molar refractivity (Wildman–Crippen MR) is 67.6 cm³/mol. The molecule has 0 aliphatic carbocycles. The topological polar surface area (TPSA) is 63.6 Å². The first-order valence-corrected chi connectivity index (χ1v) is 5.80. The Labute approximate surface area is 111 Å². The Kier molecular flexibility index (Phi) is 4.29. The normalized spacial score (nSPS) is 11.2. The molecule has 0 saturated carbocycles. The summed E-state index contributed by atoms with van der Waals surface area (Å²) in [6.07, 6.45) is 0.128. The van der Waals surface area contributed by atoms with Crippen LogP contribution in [0.25, 0.3) is 0 Å². The van der Waals surface area contributed by atoms with E-state index in [0.29, 0.717) is 5.56 Å². The summed E-state index contributed by atoms with van der Waals surface area (Å²) in [5, 5.41) is 9.07. The average Bonchev–Trinajstić information content (AvgIpc) is 2.31. The Hall–Kier alpha value is -1.91. The Bertz CT molecular complexity index is 520. The van der Waals surface area contributed by atoms with Gasteiger partial charge in [0.05, 0.1) is 18.1 Å². The molecule has 1 N–H and O–H groups in total. The van der Waals surface area contributed by atoms with E-state index in [2.05, 4.69) is 4.74 Å². The summed E-state index contributed by atoms with van der Waals surface area (Å²) < 4.78 is 18.3. The summed E-state index contributed by atoms with van der Waals surface area (Å²) in [7, 11) is 1.22. The number of carbonyl (C=O) groups excluding carboxylic acids is 1. The lowest BCUT2D eigenvalue weighted by Gasteiger charge is -2.19. The lowest BCUT2D eigenvalue weighted by atomic mass is 9.85. The van der Waals surface area contributed by atoms with Gasteiger partial charge in [0.15, 0.2) is 0 Å². The fourth-order valence-corrected chi connectivity index (χ4v) is 1.74. The van der Waals surface area contributed by atoms with Crippen molar-refractivity contribution in [1.82, 2.24) is 0 Å². The van der Waals surface area contributed by atoms with Crippen LogP contribution in [-0.2, 0) is 16.0 Å². The molecule has 1 aromatic carbocycles. The van der Waals surface area contributed by atoms with E-state index in [1.54, 1.807) is 13.8 Å². The van der Waals surface area contributed by atoms with Gasteiger partial charge in [-0.3, -0.25) is 4.79 Å². The Morgan fingerprint density at radius 2 is 1.95 bits per heavy atom. The van der Waals surface area contributed by atoms with Gasteiger partial charge in [-0.1, -0.05) is 0 Å². The van der Waals surface area contributed by atoms with Crippen LogP contribution < -0.4 is 0 Å². The molecular formula is C14H17FO4. The maximum atomic E-state index is 13.8. The molecule has 0 atom stereocenters. The summed E-state index contributed by atoms with van der Waals surface area (Å²) in [5.74, 6) is -2.15. The predicted octanol–water partition coefficient (Wildman–Crippen LogP) is 2.57. The number of aliphatic carboxylic acids is 1. The molecule has 0 spiro atoms. The first-order valence-electron chi connectivity index (χ1n) is 5.80. The lowest BCUT2D eigenvalue weighted by Crippen LogP contribution is -2.26. The molecule has 4 nitrogen and oxygen atoms in total. The highest BCUT2D eigenvalue weighted by atomic mass is 19.1. The highest BCUT2D eigenvalue weighted by Crippen LogP contribution is 2.25. The quantitative estimate of drug-likeness (QED) is 0.852. The Morgan fingerprint density at radius 1 is 1.37 bits per heavy atom. The number of hydrogen-bond acceptors (Lipinski definition) is 3. The molecule has 0 unspecified atom stereocenters. The van der Waals surface area contributed by atoms with Crippen molar-refractivity contribution in [3.8, 4) is 0 Å². The molecule has 0 saturated heterocycles. The number of carbonyl (C=O) groups is 2. The van der Waals surface area contributed by atoms with E-state index in [1.807, 2.05) is 0 Å². The molecule has 0 aliphatic heterocycles. The largest absolute Gasteiger partial charge is 0.481 e. The second-order valence-corrected chi connectivity index (χ2v) is 5.11. The number of hydrogen-bond donors (Lipinski definition) is 1. The van der Waals surface area contributed by atoms with Gasteiger partial charge in [0.2, 0.25) is 0 Å². The lowest BCUT2D eigenvalue weighted by molar-refractivity contribution is -0.146. The molecule has 5 heteroatoms. The monoisotopic (exact) mass is 268 g/mol. The van der Waals surface area contributed by atoms with Crippen molar-refractivity contribution < 1.29 is 23.8 Å². The van der Waals surface area contributed by atoms with Crippen LogP contribution in [0, 0.1) is 18.2 Å². The minimum Gasteiger partial charge on any atom is -0.481 e. The number of ether oxygens (including phenoxy) is 1. The van der Waals surface area contributed by atoms with Crippen molar-refractivity contribution in [2.75, 3.05) is 7.11 Å². The van der Waals surface area contributed by atoms with E-state index < -0.39 is 23.2 Å². The molecule has 19 heavy (non-hydrogen) atoms. The molecule has 0 aliphatic rings. The van der Waals surface area contributed by atoms with Crippen LogP contribution in [0.3, 0.4) is 0 Å². The van der Waals surface area contributed by atoms with Crippen molar-refractivity contribution in [2.45, 2.75) is 27.2 Å². The average molecular weight is 268 g/mol. The molecular weight excluding hydrogens is 251 g/mol. The van der Waals surface area contributed by atoms with Gasteiger partial charge in [0, 0.05) is 0 Å². The molecule has 1 aromatic rings. The van der Waals surface area contributed by atoms with Crippen molar-refractivity contribution in [3.05, 3.63) is 34.6 Å². The number of carboxylic acids is 1. The number of carboxylic acid groups (broad SMARTS) is 1. The number of rotatable bonds is 4. The summed E-state index contributed by atoms with van der Waals surface area (Å²) in [6, 6.07) is 2.74. The van der Waals surface area contributed by atoms with Gasteiger partial charge in [0.1, 0.15) is 5.82 Å². The van der Waals surface area contributed by atoms with Crippen LogP contribution in [0.4, 0.5) is 4.39 Å². The SMILES string of the molecule is COC(=O)c1cc(CC(C)(C)C(=O)O)cc(F)c1C. The maximum Gasteiger partial charge on any atom is 0.338 e. The van der Waals surface area contributed by atoms with Crippen LogP contribution in [0.15, 0.2) is 12.1 Å². The summed E-state index contributed by atoms with van der Waals surface area (Å²) in [4.78, 5) is 22.6. The van der Waals surface area contributed by atoms with E-state index in [0.717, 1.165) is 0 Å². The second kappa shape index (κ2) is 5.38. The van der Waals surface area contributed by atoms with Gasteiger partial charge < -0.3 is 9.84 Å². The smallest absolute Gasteiger partial charge is 0.338 e. The zero-order valence-electron chi connectivity index (χ0n) is 11.4. The van der Waals surface area contributed by atoms with Gasteiger partial charge in [-0.05, 0) is 50.5 Å². The van der Waals surface area contributed by atoms with Crippen LogP contribution >= 0.6 is 0 Å². The minimum atomic E-state index is -1.03. The van der Waals surface area contributed by atoms with E-state index >= 15 is 0 Å². The van der Waals surface area contributed by atoms with E-state index in [9.17, 15) is 14.0 Å². The third-order valence-corrected chi connectivity index (χ3v) is 3.03. The first kappa shape index (κ1) is 15.1. The van der Waals surface area contributed by atoms with Gasteiger partial charge in [-0.25, -0.2) is 9.18 Å². The number of halogens is 1. The van der Waals surface area contributed by atoms with Gasteiger partial charge in [-0.2, -0.15) is 0 Å². The number of methoxy groups -OCH3 is 1. The minimum absolute atomic E-state index is 0.124. The molecule has 0 aromatic heterocycles. The van der Waals surface area contributed by atoms with E-state index in [1.165, 1.54) is 26.2 Å². The Morgan fingerprint density at radius 3 is 2.42 bits per heavy atom. The fourth-order valence-electron chi connectivity index (χ4n) is 1.74. The number of esters is 1. The zero-order valence-corrected chi connectivity index (χ0v) is 11.4. The molecule has 0 heterocycles. The highest BCUT2D eigenvalue weighted by molar-refractivity contribution is 5.91. The standard InChI is InChI=1S/C14H17FO4/c1-8-10(12(16)19-4)5-9(6-11(8)15)7-14(2,3)13(17)18/h5-6H,7H2,1-4H3,(H,17,18). The van der Waals surface area contributed by atoms with Crippen molar-refractivity contribution in [1.29, 1.82) is 0 Å². The van der Waals surface area contributed by atoms with Gasteiger partial charge in [-0.15, -0.1) is 0 Å². The molecule has 1 rings (SSSR count). The van der Waals surface area contributed by atoms with Crippen LogP contribution in [0.5, 0.6) is 0 Å². The molecule has 0 radical (unpaired) electrons. The van der Waals surface area contributed by atoms with E-state index in [4.69, 9.17) is 5.11 Å². The maximum absolute atomic E-state index is 13.8. The third kappa shape index (κ3) is 3.30. The molecule has 0 fully saturated rings. The van der Waals surface area contributed by atoms with Gasteiger partial charge >= 0.3 is 11.9 Å². The Balaban J connectivity index is 3.21.